The molecule has 0 saturated heterocycles. The van der Waals surface area contributed by atoms with Crippen LogP contribution in [0.1, 0.15) is 32.6 Å². The summed E-state index contributed by atoms with van der Waals surface area (Å²) in [6.07, 6.45) is 8.34. The summed E-state index contributed by atoms with van der Waals surface area (Å²) in [5, 5.41) is 3.15. The first kappa shape index (κ1) is 11.2. The van der Waals surface area contributed by atoms with Crippen molar-refractivity contribution in [3.63, 3.8) is 0 Å². The van der Waals surface area contributed by atoms with Gasteiger partial charge in [-0.2, -0.15) is 0 Å². The number of aromatic amines is 1. The molecule has 1 aliphatic rings. The summed E-state index contributed by atoms with van der Waals surface area (Å²) in [6.45, 7) is 3.17. The average molecular weight is 221 g/mol. The van der Waals surface area contributed by atoms with E-state index in [4.69, 9.17) is 0 Å². The molecule has 1 fully saturated rings. The molecule has 4 nitrogen and oxygen atoms in total. The molecule has 0 bridgehead atoms. The van der Waals surface area contributed by atoms with E-state index >= 15 is 0 Å². The van der Waals surface area contributed by atoms with Gasteiger partial charge in [0, 0.05) is 18.9 Å². The first-order chi connectivity index (χ1) is 7.75. The molecule has 0 aromatic carbocycles. The van der Waals surface area contributed by atoms with E-state index in [1.54, 1.807) is 12.4 Å². The van der Waals surface area contributed by atoms with E-state index in [2.05, 4.69) is 22.2 Å². The summed E-state index contributed by atoms with van der Waals surface area (Å²) in [4.78, 5) is 18.0. The zero-order valence-corrected chi connectivity index (χ0v) is 9.70. The third kappa shape index (κ3) is 2.84. The predicted octanol–water partition coefficient (Wildman–Crippen LogP) is 2.01. The van der Waals surface area contributed by atoms with Crippen LogP contribution in [0.2, 0.25) is 0 Å². The van der Waals surface area contributed by atoms with Gasteiger partial charge in [-0.05, 0) is 24.7 Å². The SMILES string of the molecule is CC1CCCC(CNc2ncc[nH]c2=O)C1. The van der Waals surface area contributed by atoms with Gasteiger partial charge in [-0.25, -0.2) is 4.98 Å². The monoisotopic (exact) mass is 221 g/mol. The van der Waals surface area contributed by atoms with Gasteiger partial charge in [-0.15, -0.1) is 0 Å². The van der Waals surface area contributed by atoms with Crippen LogP contribution in [0.5, 0.6) is 0 Å². The van der Waals surface area contributed by atoms with Crippen molar-refractivity contribution >= 4 is 5.82 Å². The van der Waals surface area contributed by atoms with Crippen LogP contribution in [0.3, 0.4) is 0 Å². The van der Waals surface area contributed by atoms with Gasteiger partial charge in [0.1, 0.15) is 0 Å². The molecule has 16 heavy (non-hydrogen) atoms. The first-order valence-electron chi connectivity index (χ1n) is 6.03. The maximum absolute atomic E-state index is 11.4. The minimum absolute atomic E-state index is 0.133. The predicted molar refractivity (Wildman–Crippen MR) is 64.5 cm³/mol. The Kier molecular flexibility index (Phi) is 3.59. The summed E-state index contributed by atoms with van der Waals surface area (Å²) in [5.41, 5.74) is -0.133. The third-order valence-corrected chi connectivity index (χ3v) is 3.31. The van der Waals surface area contributed by atoms with Gasteiger partial charge in [-0.3, -0.25) is 4.79 Å². The molecular weight excluding hydrogens is 202 g/mol. The Morgan fingerprint density at radius 3 is 3.19 bits per heavy atom. The van der Waals surface area contributed by atoms with Gasteiger partial charge >= 0.3 is 0 Å². The molecule has 1 saturated carbocycles. The quantitative estimate of drug-likeness (QED) is 0.820. The Morgan fingerprint density at radius 2 is 2.44 bits per heavy atom. The largest absolute Gasteiger partial charge is 0.365 e. The lowest BCUT2D eigenvalue weighted by Crippen LogP contribution is -2.24. The fraction of sp³-hybridized carbons (Fsp3) is 0.667. The van der Waals surface area contributed by atoms with Crippen molar-refractivity contribution < 1.29 is 0 Å². The minimum Gasteiger partial charge on any atom is -0.365 e. The van der Waals surface area contributed by atoms with Crippen LogP contribution in [-0.2, 0) is 0 Å². The van der Waals surface area contributed by atoms with Gasteiger partial charge in [0.2, 0.25) is 0 Å². The van der Waals surface area contributed by atoms with E-state index < -0.39 is 0 Å². The van der Waals surface area contributed by atoms with Crippen LogP contribution < -0.4 is 10.9 Å². The second kappa shape index (κ2) is 5.14. The van der Waals surface area contributed by atoms with Gasteiger partial charge < -0.3 is 10.3 Å². The molecule has 1 aromatic heterocycles. The van der Waals surface area contributed by atoms with Crippen molar-refractivity contribution in [1.29, 1.82) is 0 Å². The zero-order valence-electron chi connectivity index (χ0n) is 9.70. The fourth-order valence-corrected chi connectivity index (χ4v) is 2.46. The highest BCUT2D eigenvalue weighted by atomic mass is 16.1. The van der Waals surface area contributed by atoms with Crippen molar-refractivity contribution in [2.75, 3.05) is 11.9 Å². The number of hydrogen-bond acceptors (Lipinski definition) is 3. The highest BCUT2D eigenvalue weighted by molar-refractivity contribution is 5.29. The smallest absolute Gasteiger partial charge is 0.290 e. The van der Waals surface area contributed by atoms with Gasteiger partial charge in [0.25, 0.3) is 5.56 Å². The number of aromatic nitrogens is 2. The lowest BCUT2D eigenvalue weighted by molar-refractivity contribution is 0.293. The summed E-state index contributed by atoms with van der Waals surface area (Å²) < 4.78 is 0. The number of anilines is 1. The molecule has 2 atom stereocenters. The van der Waals surface area contributed by atoms with Gasteiger partial charge in [-0.1, -0.05) is 19.8 Å². The highest BCUT2D eigenvalue weighted by Gasteiger charge is 2.18. The van der Waals surface area contributed by atoms with Crippen LogP contribution in [0.4, 0.5) is 5.82 Å². The molecule has 1 heterocycles. The number of H-pyrrole nitrogens is 1. The molecule has 0 aliphatic heterocycles. The van der Waals surface area contributed by atoms with Crippen molar-refractivity contribution in [3.05, 3.63) is 22.7 Å². The van der Waals surface area contributed by atoms with Crippen molar-refractivity contribution in [2.45, 2.75) is 32.6 Å². The van der Waals surface area contributed by atoms with Crippen LogP contribution in [0, 0.1) is 11.8 Å². The maximum Gasteiger partial charge on any atom is 0.290 e. The van der Waals surface area contributed by atoms with E-state index in [1.807, 2.05) is 0 Å². The maximum atomic E-state index is 11.4. The Morgan fingerprint density at radius 1 is 1.56 bits per heavy atom. The molecule has 2 unspecified atom stereocenters. The average Bonchev–Trinajstić information content (AvgIpc) is 2.28. The Hall–Kier alpha value is -1.32. The van der Waals surface area contributed by atoms with E-state index in [9.17, 15) is 4.79 Å². The van der Waals surface area contributed by atoms with Gasteiger partial charge in [0.05, 0.1) is 0 Å². The van der Waals surface area contributed by atoms with Crippen LogP contribution in [-0.4, -0.2) is 16.5 Å². The molecule has 88 valence electrons. The number of nitrogens with zero attached hydrogens (tertiary/aromatic N) is 1. The number of nitrogens with one attached hydrogen (secondary N) is 2. The second-order valence-corrected chi connectivity index (χ2v) is 4.79. The molecule has 0 radical (unpaired) electrons. The van der Waals surface area contributed by atoms with Crippen molar-refractivity contribution in [2.24, 2.45) is 11.8 Å². The zero-order chi connectivity index (χ0) is 11.4. The fourth-order valence-electron chi connectivity index (χ4n) is 2.46. The normalized spacial score (nSPS) is 25.3. The standard InChI is InChI=1S/C12H19N3O/c1-9-3-2-4-10(7-9)8-15-11-12(16)14-6-5-13-11/h5-6,9-10H,2-4,7-8H2,1H3,(H,13,15)(H,14,16). The van der Waals surface area contributed by atoms with E-state index in [-0.39, 0.29) is 5.56 Å². The van der Waals surface area contributed by atoms with Gasteiger partial charge in [0.15, 0.2) is 5.82 Å². The molecule has 2 N–H and O–H groups in total. The lowest BCUT2D eigenvalue weighted by atomic mass is 9.82. The van der Waals surface area contributed by atoms with Crippen molar-refractivity contribution in [1.82, 2.24) is 9.97 Å². The number of rotatable bonds is 3. The molecule has 0 spiro atoms. The molecule has 1 aromatic rings. The summed E-state index contributed by atoms with van der Waals surface area (Å²) in [5.74, 6) is 1.95. The van der Waals surface area contributed by atoms with Crippen molar-refractivity contribution in [3.8, 4) is 0 Å². The Labute approximate surface area is 95.5 Å². The highest BCUT2D eigenvalue weighted by Crippen LogP contribution is 2.28. The van der Waals surface area contributed by atoms with E-state index in [0.717, 1.165) is 12.5 Å². The third-order valence-electron chi connectivity index (χ3n) is 3.31. The first-order valence-corrected chi connectivity index (χ1v) is 6.03. The molecule has 2 rings (SSSR count). The van der Waals surface area contributed by atoms with Crippen LogP contribution >= 0.6 is 0 Å². The molecule has 0 amide bonds. The minimum atomic E-state index is -0.133. The van der Waals surface area contributed by atoms with Crippen LogP contribution in [0.15, 0.2) is 17.2 Å². The van der Waals surface area contributed by atoms with E-state index in [0.29, 0.717) is 11.7 Å². The molecular formula is C12H19N3O. The Bertz CT molecular complexity index is 388. The summed E-state index contributed by atoms with van der Waals surface area (Å²) in [6, 6.07) is 0. The summed E-state index contributed by atoms with van der Waals surface area (Å²) >= 11 is 0. The van der Waals surface area contributed by atoms with Crippen LogP contribution in [0.25, 0.3) is 0 Å². The molecule has 1 aliphatic carbocycles. The summed E-state index contributed by atoms with van der Waals surface area (Å²) in [7, 11) is 0. The topological polar surface area (TPSA) is 57.8 Å². The molecule has 4 heteroatoms. The van der Waals surface area contributed by atoms with E-state index in [1.165, 1.54) is 25.7 Å². The number of hydrogen-bond donors (Lipinski definition) is 2. The lowest BCUT2D eigenvalue weighted by Gasteiger charge is -2.26. The Balaban J connectivity index is 1.87. The second-order valence-electron chi connectivity index (χ2n) is 4.79.